The molecule has 7 heteroatoms. The van der Waals surface area contributed by atoms with Crippen LogP contribution in [0.2, 0.25) is 0 Å². The molecule has 48 heavy (non-hydrogen) atoms. The van der Waals surface area contributed by atoms with Crippen molar-refractivity contribution in [2.45, 2.75) is 78.9 Å². The Labute approximate surface area is 296 Å². The fourth-order valence-corrected chi connectivity index (χ4v) is 7.58. The van der Waals surface area contributed by atoms with Gasteiger partial charge >= 0.3 is 0 Å². The van der Waals surface area contributed by atoms with E-state index in [9.17, 15) is 15.8 Å². The maximum absolute atomic E-state index is 10.1. The van der Waals surface area contributed by atoms with Crippen LogP contribution in [-0.4, -0.2) is 5.60 Å². The third-order valence-electron chi connectivity index (χ3n) is 9.86. The van der Waals surface area contributed by atoms with Crippen LogP contribution in [0.5, 0.6) is 0 Å². The van der Waals surface area contributed by atoms with Crippen molar-refractivity contribution in [2.75, 3.05) is 4.90 Å². The van der Waals surface area contributed by atoms with Crippen LogP contribution in [-0.2, 0) is 16.7 Å². The van der Waals surface area contributed by atoms with Gasteiger partial charge in [-0.3, -0.25) is 0 Å². The minimum Gasteiger partial charge on any atom is -0.480 e. The molecule has 0 bridgehead atoms. The summed E-state index contributed by atoms with van der Waals surface area (Å²) < 4.78 is 7.08. The average molecular weight is 718 g/mol. The van der Waals surface area contributed by atoms with Gasteiger partial charge in [-0.05, 0) is 89.9 Å². The predicted molar refractivity (Wildman–Crippen MR) is 200 cm³/mol. The number of benzene rings is 2. The summed E-state index contributed by atoms with van der Waals surface area (Å²) in [6.45, 7) is 16.0. The Morgan fingerprint density at radius 1 is 0.979 bits per heavy atom. The molecule has 0 saturated carbocycles. The predicted octanol–water partition coefficient (Wildman–Crippen LogP) is 10.6. The number of fused-ring (bicyclic) bond motifs is 1. The molecule has 2 unspecified atom stereocenters. The summed E-state index contributed by atoms with van der Waals surface area (Å²) in [5.74, 6) is 0.457. The van der Waals surface area contributed by atoms with Crippen molar-refractivity contribution in [3.05, 3.63) is 133 Å². The van der Waals surface area contributed by atoms with Gasteiger partial charge in [0, 0.05) is 33.4 Å². The zero-order valence-electron chi connectivity index (χ0n) is 28.8. The molecule has 0 saturated heterocycles. The van der Waals surface area contributed by atoms with Crippen LogP contribution in [0.1, 0.15) is 72.4 Å². The summed E-state index contributed by atoms with van der Waals surface area (Å²) in [5, 5.41) is 30.2. The summed E-state index contributed by atoms with van der Waals surface area (Å²) in [4.78, 5) is 2.45. The molecule has 0 fully saturated rings. The number of allylic oxidation sites excluding steroid dienone is 9. The Hall–Kier alpha value is -4.14. The Bertz CT molecular complexity index is 1950. The molecule has 2 heterocycles. The molecule has 5 rings (SSSR count). The van der Waals surface area contributed by atoms with Gasteiger partial charge in [0.1, 0.15) is 29.4 Å². The lowest BCUT2D eigenvalue weighted by atomic mass is 9.70. The third kappa shape index (κ3) is 6.74. The molecule has 0 aromatic heterocycles. The molecular weight excluding hydrogens is 675 g/mol. The van der Waals surface area contributed by atoms with Crippen LogP contribution in [0.4, 0.5) is 5.69 Å². The molecule has 2 aromatic rings. The standard InChI is InChI=1S/C41H42BrN4OP/c1-39(2,3)30-20-27(14-18-33-32(24-45)37(29(22-43)23-44)47-41(33,6)7)38(48)28(21-30)15-19-36-40(4,5)34-10-8-9-11-35(34)46(36)25-26-12-16-31(42)17-13-26/h8-19,30H,20-21,25,48H2,1-7H3/b18-14+,28-15+,36-19+. The van der Waals surface area contributed by atoms with E-state index >= 15 is 0 Å². The molecule has 3 aliphatic rings. The number of rotatable bonds is 5. The van der Waals surface area contributed by atoms with E-state index < -0.39 is 5.60 Å². The van der Waals surface area contributed by atoms with Crippen LogP contribution < -0.4 is 4.90 Å². The van der Waals surface area contributed by atoms with Crippen molar-refractivity contribution in [2.24, 2.45) is 11.3 Å². The molecule has 0 spiro atoms. The highest BCUT2D eigenvalue weighted by Gasteiger charge is 2.41. The van der Waals surface area contributed by atoms with Crippen LogP contribution in [0.3, 0.4) is 0 Å². The lowest BCUT2D eigenvalue weighted by Gasteiger charge is -2.36. The first kappa shape index (κ1) is 35.2. The molecule has 1 aliphatic carbocycles. The average Bonchev–Trinajstić information content (AvgIpc) is 3.41. The Morgan fingerprint density at radius 2 is 1.65 bits per heavy atom. The zero-order valence-corrected chi connectivity index (χ0v) is 31.5. The van der Waals surface area contributed by atoms with E-state index in [1.807, 2.05) is 32.1 Å². The number of nitriles is 3. The summed E-state index contributed by atoms with van der Waals surface area (Å²) in [5.41, 5.74) is 7.24. The first-order chi connectivity index (χ1) is 22.6. The number of nitrogens with zero attached hydrogens (tertiary/aromatic N) is 4. The van der Waals surface area contributed by atoms with Crippen LogP contribution in [0, 0.1) is 45.3 Å². The van der Waals surface area contributed by atoms with E-state index in [1.165, 1.54) is 33.7 Å². The molecule has 0 radical (unpaired) electrons. The van der Waals surface area contributed by atoms with E-state index in [2.05, 4.69) is 138 Å². The van der Waals surface area contributed by atoms with Crippen LogP contribution in [0.25, 0.3) is 0 Å². The molecule has 2 aromatic carbocycles. The van der Waals surface area contributed by atoms with Crippen molar-refractivity contribution in [1.29, 1.82) is 15.8 Å². The molecule has 244 valence electrons. The second-order valence-electron chi connectivity index (χ2n) is 14.8. The minimum atomic E-state index is -0.861. The van der Waals surface area contributed by atoms with Gasteiger partial charge in [-0.1, -0.05) is 99.1 Å². The molecular formula is C41H42BrN4OP. The molecule has 0 amide bonds. The lowest BCUT2D eigenvalue weighted by molar-refractivity contribution is 0.0954. The number of para-hydroxylation sites is 1. The Morgan fingerprint density at radius 3 is 2.27 bits per heavy atom. The lowest BCUT2D eigenvalue weighted by Crippen LogP contribution is -2.26. The van der Waals surface area contributed by atoms with Crippen molar-refractivity contribution in [1.82, 2.24) is 0 Å². The van der Waals surface area contributed by atoms with Gasteiger partial charge in [0.2, 0.25) is 0 Å². The third-order valence-corrected chi connectivity index (χ3v) is 11.1. The maximum atomic E-state index is 10.1. The summed E-state index contributed by atoms with van der Waals surface area (Å²) >= 11 is 3.58. The quantitative estimate of drug-likeness (QED) is 0.227. The number of hydrogen-bond acceptors (Lipinski definition) is 5. The fraction of sp³-hybridized carbons (Fsp3) is 0.341. The summed E-state index contributed by atoms with van der Waals surface area (Å²) in [6, 6.07) is 23.2. The largest absolute Gasteiger partial charge is 0.480 e. The number of hydrogen-bond donors (Lipinski definition) is 0. The van der Waals surface area contributed by atoms with E-state index in [0.29, 0.717) is 11.5 Å². The Kier molecular flexibility index (Phi) is 9.82. The summed E-state index contributed by atoms with van der Waals surface area (Å²) in [6.07, 6.45) is 10.5. The van der Waals surface area contributed by atoms with Gasteiger partial charge < -0.3 is 9.64 Å². The highest BCUT2D eigenvalue weighted by molar-refractivity contribution is 9.10. The van der Waals surface area contributed by atoms with Gasteiger partial charge in [-0.2, -0.15) is 15.8 Å². The smallest absolute Gasteiger partial charge is 0.172 e. The summed E-state index contributed by atoms with van der Waals surface area (Å²) in [7, 11) is 2.99. The van der Waals surface area contributed by atoms with E-state index in [1.54, 1.807) is 0 Å². The molecule has 0 N–H and O–H groups in total. The molecule has 2 aliphatic heterocycles. The van der Waals surface area contributed by atoms with Crippen molar-refractivity contribution in [3.8, 4) is 18.2 Å². The van der Waals surface area contributed by atoms with Gasteiger partial charge in [0.15, 0.2) is 11.3 Å². The second kappa shape index (κ2) is 13.4. The normalized spacial score (nSPS) is 21.8. The van der Waals surface area contributed by atoms with Crippen molar-refractivity contribution in [3.63, 3.8) is 0 Å². The van der Waals surface area contributed by atoms with Crippen LogP contribution in [0.15, 0.2) is 122 Å². The minimum absolute atomic E-state index is 0.0588. The van der Waals surface area contributed by atoms with E-state index in [-0.39, 0.29) is 27.7 Å². The SMILES string of the molecule is CC1(C)OC(=C(C#N)C#N)C(C#N)=C1/C=C/C1=C(P)C(=C/C=C2/N(Cc3ccc(Br)cc3)c3ccccc3C2(C)C)/CC(C(C)(C)C)C1. The monoisotopic (exact) mass is 716 g/mol. The van der Waals surface area contributed by atoms with E-state index in [4.69, 9.17) is 4.74 Å². The van der Waals surface area contributed by atoms with Crippen LogP contribution >= 0.6 is 25.2 Å². The molecule has 2 atom stereocenters. The zero-order chi connectivity index (χ0) is 35.0. The first-order valence-electron chi connectivity index (χ1n) is 16.2. The fourth-order valence-electron chi connectivity index (χ4n) is 6.89. The Balaban J connectivity index is 1.60. The second-order valence-corrected chi connectivity index (χ2v) is 16.3. The van der Waals surface area contributed by atoms with E-state index in [0.717, 1.165) is 29.2 Å². The highest BCUT2D eigenvalue weighted by atomic mass is 79.9. The van der Waals surface area contributed by atoms with Gasteiger partial charge in [0.25, 0.3) is 0 Å². The van der Waals surface area contributed by atoms with Gasteiger partial charge in [-0.15, -0.1) is 9.24 Å². The van der Waals surface area contributed by atoms with Gasteiger partial charge in [0.05, 0.1) is 0 Å². The van der Waals surface area contributed by atoms with Crippen molar-refractivity contribution >= 4 is 30.9 Å². The highest BCUT2D eigenvalue weighted by Crippen LogP contribution is 2.50. The number of halogens is 1. The maximum Gasteiger partial charge on any atom is 0.172 e. The van der Waals surface area contributed by atoms with Crippen molar-refractivity contribution < 1.29 is 4.74 Å². The topological polar surface area (TPSA) is 83.8 Å². The molecule has 5 nitrogen and oxygen atoms in total. The van der Waals surface area contributed by atoms with Gasteiger partial charge in [-0.25, -0.2) is 0 Å². The number of ether oxygens (including phenoxy) is 1. The number of anilines is 1. The first-order valence-corrected chi connectivity index (χ1v) is 17.6.